The standard InChI is InChI=1S/C30H20S/c1-3-11-21(12-4-1)28-20-31-30(29(28)22-13-5-2-6-14-22)27-19-23-15-7-8-16-24(23)25-17-9-10-18-26(25)27/h1-20H. The summed E-state index contributed by atoms with van der Waals surface area (Å²) in [6.45, 7) is 0. The molecule has 146 valence electrons. The van der Waals surface area contributed by atoms with E-state index >= 15 is 0 Å². The Morgan fingerprint density at radius 2 is 1.03 bits per heavy atom. The van der Waals surface area contributed by atoms with Gasteiger partial charge in [0.1, 0.15) is 0 Å². The maximum absolute atomic E-state index is 2.37. The van der Waals surface area contributed by atoms with Gasteiger partial charge in [0.2, 0.25) is 0 Å². The van der Waals surface area contributed by atoms with Gasteiger partial charge in [0.15, 0.2) is 0 Å². The van der Waals surface area contributed by atoms with E-state index in [-0.39, 0.29) is 0 Å². The minimum absolute atomic E-state index is 1.26. The lowest BCUT2D eigenvalue weighted by Crippen LogP contribution is -1.86. The molecule has 0 spiro atoms. The summed E-state index contributed by atoms with van der Waals surface area (Å²) in [5.74, 6) is 0. The molecule has 0 atom stereocenters. The van der Waals surface area contributed by atoms with Crippen molar-refractivity contribution in [3.63, 3.8) is 0 Å². The van der Waals surface area contributed by atoms with Crippen LogP contribution in [0, 0.1) is 0 Å². The first-order valence-corrected chi connectivity index (χ1v) is 11.4. The molecule has 6 aromatic rings. The first-order chi connectivity index (χ1) is 15.4. The van der Waals surface area contributed by atoms with Crippen molar-refractivity contribution < 1.29 is 0 Å². The highest BCUT2D eigenvalue weighted by Crippen LogP contribution is 2.47. The number of benzene rings is 5. The molecule has 1 heterocycles. The molecule has 0 bridgehead atoms. The predicted octanol–water partition coefficient (Wildman–Crippen LogP) is 9.06. The Hall–Kier alpha value is -3.68. The Labute approximate surface area is 186 Å². The minimum atomic E-state index is 1.26. The first-order valence-electron chi connectivity index (χ1n) is 10.5. The predicted molar refractivity (Wildman–Crippen MR) is 136 cm³/mol. The number of hydrogen-bond acceptors (Lipinski definition) is 1. The zero-order valence-corrected chi connectivity index (χ0v) is 17.8. The van der Waals surface area contributed by atoms with E-state index < -0.39 is 0 Å². The van der Waals surface area contributed by atoms with Crippen LogP contribution in [0.15, 0.2) is 121 Å². The molecule has 0 unspecified atom stereocenters. The van der Waals surface area contributed by atoms with Crippen LogP contribution < -0.4 is 0 Å². The van der Waals surface area contributed by atoms with Gasteiger partial charge in [-0.25, -0.2) is 0 Å². The van der Waals surface area contributed by atoms with Crippen molar-refractivity contribution in [3.05, 3.63) is 121 Å². The number of thiophene rings is 1. The van der Waals surface area contributed by atoms with Gasteiger partial charge in [0.25, 0.3) is 0 Å². The van der Waals surface area contributed by atoms with Crippen molar-refractivity contribution in [2.24, 2.45) is 0 Å². The number of rotatable bonds is 3. The van der Waals surface area contributed by atoms with Crippen molar-refractivity contribution in [2.45, 2.75) is 0 Å². The number of fused-ring (bicyclic) bond motifs is 3. The molecule has 0 fully saturated rings. The molecule has 0 saturated carbocycles. The van der Waals surface area contributed by atoms with E-state index in [4.69, 9.17) is 0 Å². The van der Waals surface area contributed by atoms with Crippen LogP contribution in [-0.2, 0) is 0 Å². The molecule has 0 radical (unpaired) electrons. The van der Waals surface area contributed by atoms with E-state index in [2.05, 4.69) is 121 Å². The summed E-state index contributed by atoms with van der Waals surface area (Å²) >= 11 is 1.84. The molecule has 0 aliphatic heterocycles. The fourth-order valence-electron chi connectivity index (χ4n) is 4.52. The Kier molecular flexibility index (Phi) is 4.40. The zero-order valence-electron chi connectivity index (χ0n) is 17.0. The van der Waals surface area contributed by atoms with Crippen LogP contribution >= 0.6 is 11.3 Å². The molecule has 0 nitrogen and oxygen atoms in total. The van der Waals surface area contributed by atoms with Crippen molar-refractivity contribution >= 4 is 32.9 Å². The third-order valence-electron chi connectivity index (χ3n) is 5.95. The van der Waals surface area contributed by atoms with Gasteiger partial charge >= 0.3 is 0 Å². The summed E-state index contributed by atoms with van der Waals surface area (Å²) in [5, 5.41) is 7.52. The average Bonchev–Trinajstić information content (AvgIpc) is 3.30. The van der Waals surface area contributed by atoms with Crippen LogP contribution in [0.5, 0.6) is 0 Å². The third-order valence-corrected chi connectivity index (χ3v) is 6.96. The quantitative estimate of drug-likeness (QED) is 0.254. The number of hydrogen-bond donors (Lipinski definition) is 0. The Morgan fingerprint density at radius 1 is 0.452 bits per heavy atom. The molecule has 0 N–H and O–H groups in total. The highest BCUT2D eigenvalue weighted by molar-refractivity contribution is 7.15. The molecule has 0 amide bonds. The van der Waals surface area contributed by atoms with Gasteiger partial charge in [0.05, 0.1) is 0 Å². The van der Waals surface area contributed by atoms with Crippen LogP contribution in [0.4, 0.5) is 0 Å². The summed E-state index contributed by atoms with van der Waals surface area (Å²) in [6, 6.07) is 41.4. The molecule has 1 aromatic heterocycles. The second-order valence-corrected chi connectivity index (χ2v) is 8.66. The van der Waals surface area contributed by atoms with Crippen molar-refractivity contribution in [1.29, 1.82) is 0 Å². The molecular weight excluding hydrogens is 392 g/mol. The van der Waals surface area contributed by atoms with E-state index in [1.165, 1.54) is 54.2 Å². The molecule has 0 aliphatic carbocycles. The van der Waals surface area contributed by atoms with E-state index in [1.807, 2.05) is 11.3 Å². The largest absolute Gasteiger partial charge is 0.142 e. The summed E-state index contributed by atoms with van der Waals surface area (Å²) in [6.07, 6.45) is 0. The summed E-state index contributed by atoms with van der Waals surface area (Å²) in [7, 11) is 0. The maximum Gasteiger partial charge on any atom is 0.0434 e. The monoisotopic (exact) mass is 412 g/mol. The first kappa shape index (κ1) is 18.1. The van der Waals surface area contributed by atoms with E-state index in [1.54, 1.807) is 0 Å². The molecule has 6 rings (SSSR count). The van der Waals surface area contributed by atoms with Gasteiger partial charge in [-0.05, 0) is 44.1 Å². The lowest BCUT2D eigenvalue weighted by Gasteiger charge is -2.13. The SMILES string of the molecule is c1ccc(-c2csc(-c3cc4ccccc4c4ccccc34)c2-c2ccccc2)cc1. The average molecular weight is 413 g/mol. The van der Waals surface area contributed by atoms with Crippen molar-refractivity contribution in [3.8, 4) is 32.7 Å². The summed E-state index contributed by atoms with van der Waals surface area (Å²) < 4.78 is 0. The highest BCUT2D eigenvalue weighted by Gasteiger charge is 2.19. The minimum Gasteiger partial charge on any atom is -0.142 e. The molecule has 1 heteroatoms. The molecule has 0 saturated heterocycles. The molecular formula is C30H20S. The molecule has 31 heavy (non-hydrogen) atoms. The third kappa shape index (κ3) is 3.06. The molecule has 0 aliphatic rings. The van der Waals surface area contributed by atoms with Crippen molar-refractivity contribution in [2.75, 3.05) is 0 Å². The summed E-state index contributed by atoms with van der Waals surface area (Å²) in [5.41, 5.74) is 6.44. The second-order valence-electron chi connectivity index (χ2n) is 7.78. The lowest BCUT2D eigenvalue weighted by molar-refractivity contribution is 1.63. The maximum atomic E-state index is 2.37. The van der Waals surface area contributed by atoms with Crippen LogP contribution in [0.3, 0.4) is 0 Å². The Morgan fingerprint density at radius 3 is 1.77 bits per heavy atom. The van der Waals surface area contributed by atoms with Gasteiger partial charge in [0, 0.05) is 21.6 Å². The smallest absolute Gasteiger partial charge is 0.0434 e. The lowest BCUT2D eigenvalue weighted by atomic mass is 9.91. The topological polar surface area (TPSA) is 0 Å². The fraction of sp³-hybridized carbons (Fsp3) is 0. The van der Waals surface area contributed by atoms with Gasteiger partial charge in [-0.2, -0.15) is 0 Å². The normalized spacial score (nSPS) is 11.2. The van der Waals surface area contributed by atoms with Gasteiger partial charge in [-0.1, -0.05) is 109 Å². The van der Waals surface area contributed by atoms with E-state index in [0.717, 1.165) is 0 Å². The van der Waals surface area contributed by atoms with Crippen LogP contribution in [-0.4, -0.2) is 0 Å². The fourth-order valence-corrected chi connectivity index (χ4v) is 5.65. The van der Waals surface area contributed by atoms with Crippen LogP contribution in [0.2, 0.25) is 0 Å². The molecule has 5 aromatic carbocycles. The van der Waals surface area contributed by atoms with Crippen LogP contribution in [0.25, 0.3) is 54.2 Å². The van der Waals surface area contributed by atoms with E-state index in [0.29, 0.717) is 0 Å². The van der Waals surface area contributed by atoms with Gasteiger partial charge in [-0.15, -0.1) is 11.3 Å². The second kappa shape index (κ2) is 7.54. The Balaban J connectivity index is 1.71. The van der Waals surface area contributed by atoms with Gasteiger partial charge in [-0.3, -0.25) is 0 Å². The van der Waals surface area contributed by atoms with Crippen molar-refractivity contribution in [1.82, 2.24) is 0 Å². The zero-order chi connectivity index (χ0) is 20.6. The Bertz CT molecular complexity index is 1510. The highest BCUT2D eigenvalue weighted by atomic mass is 32.1. The van der Waals surface area contributed by atoms with Crippen LogP contribution in [0.1, 0.15) is 0 Å². The van der Waals surface area contributed by atoms with Gasteiger partial charge < -0.3 is 0 Å². The van der Waals surface area contributed by atoms with E-state index in [9.17, 15) is 0 Å². The summed E-state index contributed by atoms with van der Waals surface area (Å²) in [4.78, 5) is 1.33.